The second-order valence-corrected chi connectivity index (χ2v) is 7.35. The fourth-order valence-corrected chi connectivity index (χ4v) is 3.94. The smallest absolute Gasteiger partial charge is 0.267 e. The van der Waals surface area contributed by atoms with Gasteiger partial charge in [-0.2, -0.15) is 0 Å². The number of aryl methyl sites for hydroxylation is 1. The number of thiazole rings is 1. The van der Waals surface area contributed by atoms with Gasteiger partial charge in [0, 0.05) is 10.0 Å². The summed E-state index contributed by atoms with van der Waals surface area (Å²) in [5.41, 5.74) is 2.87. The highest BCUT2D eigenvalue weighted by Gasteiger charge is 2.15. The standard InChI is InChI=1S/C18H12BrN3OS/c1-11-5-2-3-8-14(11)16-20-21-18-22(16)17(23)15(24-18)10-12-6-4-7-13(19)9-12/h2-10H,1H3/b15-10+. The van der Waals surface area contributed by atoms with Crippen molar-refractivity contribution >= 4 is 38.3 Å². The van der Waals surface area contributed by atoms with E-state index in [2.05, 4.69) is 26.1 Å². The van der Waals surface area contributed by atoms with E-state index in [0.29, 0.717) is 15.3 Å². The number of rotatable bonds is 2. The van der Waals surface area contributed by atoms with Crippen LogP contribution < -0.4 is 10.1 Å². The molecule has 0 aliphatic rings. The van der Waals surface area contributed by atoms with Crippen molar-refractivity contribution < 1.29 is 0 Å². The minimum atomic E-state index is -0.0850. The number of fused-ring (bicyclic) bond motifs is 1. The van der Waals surface area contributed by atoms with Crippen LogP contribution in [0.3, 0.4) is 0 Å². The van der Waals surface area contributed by atoms with Crippen molar-refractivity contribution in [3.8, 4) is 11.4 Å². The molecule has 2 aromatic heterocycles. The van der Waals surface area contributed by atoms with Crippen LogP contribution in [0, 0.1) is 6.92 Å². The lowest BCUT2D eigenvalue weighted by molar-refractivity contribution is 1.09. The Morgan fingerprint density at radius 3 is 2.75 bits per heavy atom. The van der Waals surface area contributed by atoms with Crippen LogP contribution in [0.4, 0.5) is 0 Å². The predicted molar refractivity (Wildman–Crippen MR) is 100 cm³/mol. The third kappa shape index (κ3) is 2.57. The zero-order chi connectivity index (χ0) is 16.7. The molecular weight excluding hydrogens is 386 g/mol. The third-order valence-electron chi connectivity index (χ3n) is 3.78. The van der Waals surface area contributed by atoms with Gasteiger partial charge >= 0.3 is 0 Å². The van der Waals surface area contributed by atoms with Crippen LogP contribution in [0.2, 0.25) is 0 Å². The lowest BCUT2D eigenvalue weighted by Crippen LogP contribution is -2.23. The summed E-state index contributed by atoms with van der Waals surface area (Å²) in [6.07, 6.45) is 1.88. The highest BCUT2D eigenvalue weighted by atomic mass is 79.9. The van der Waals surface area contributed by atoms with Gasteiger partial charge in [0.2, 0.25) is 4.96 Å². The normalized spacial score (nSPS) is 12.2. The number of benzene rings is 2. The number of nitrogens with zero attached hydrogens (tertiary/aromatic N) is 3. The van der Waals surface area contributed by atoms with Gasteiger partial charge in [0.25, 0.3) is 5.56 Å². The number of halogens is 1. The summed E-state index contributed by atoms with van der Waals surface area (Å²) >= 11 is 4.80. The first-order valence-electron chi connectivity index (χ1n) is 7.35. The summed E-state index contributed by atoms with van der Waals surface area (Å²) in [5.74, 6) is 0.596. The van der Waals surface area contributed by atoms with E-state index in [1.165, 1.54) is 11.3 Å². The summed E-state index contributed by atoms with van der Waals surface area (Å²) in [5, 5.41) is 8.39. The molecule has 0 aliphatic heterocycles. The van der Waals surface area contributed by atoms with Gasteiger partial charge in [0.1, 0.15) is 0 Å². The molecule has 4 nitrogen and oxygen atoms in total. The highest BCUT2D eigenvalue weighted by Crippen LogP contribution is 2.21. The number of hydrogen-bond acceptors (Lipinski definition) is 4. The van der Waals surface area contributed by atoms with Gasteiger partial charge in [-0.1, -0.05) is 63.7 Å². The van der Waals surface area contributed by atoms with Gasteiger partial charge in [0.15, 0.2) is 5.82 Å². The third-order valence-corrected chi connectivity index (χ3v) is 5.23. The Balaban J connectivity index is 1.95. The molecule has 24 heavy (non-hydrogen) atoms. The van der Waals surface area contributed by atoms with Crippen LogP contribution in [-0.4, -0.2) is 14.6 Å². The Kier molecular flexibility index (Phi) is 3.78. The van der Waals surface area contributed by atoms with Crippen molar-refractivity contribution in [2.75, 3.05) is 0 Å². The SMILES string of the molecule is Cc1ccccc1-c1nnc2s/c(=C/c3cccc(Br)c3)c(=O)n12. The van der Waals surface area contributed by atoms with Gasteiger partial charge in [0.05, 0.1) is 4.53 Å². The average Bonchev–Trinajstić information content (AvgIpc) is 3.09. The van der Waals surface area contributed by atoms with Gasteiger partial charge < -0.3 is 0 Å². The van der Waals surface area contributed by atoms with E-state index in [-0.39, 0.29) is 5.56 Å². The maximum atomic E-state index is 12.8. The molecule has 6 heteroatoms. The molecule has 0 N–H and O–H groups in total. The molecule has 0 fully saturated rings. The van der Waals surface area contributed by atoms with Crippen molar-refractivity contribution in [3.05, 3.63) is 79.0 Å². The van der Waals surface area contributed by atoms with Gasteiger partial charge in [-0.15, -0.1) is 10.2 Å². The molecule has 0 saturated carbocycles. The first kappa shape index (κ1) is 15.2. The molecule has 4 rings (SSSR count). The van der Waals surface area contributed by atoms with Crippen LogP contribution in [0.1, 0.15) is 11.1 Å². The molecule has 0 amide bonds. The molecule has 0 bridgehead atoms. The second-order valence-electron chi connectivity index (χ2n) is 5.43. The molecule has 0 radical (unpaired) electrons. The van der Waals surface area contributed by atoms with E-state index in [1.54, 1.807) is 4.40 Å². The average molecular weight is 398 g/mol. The molecule has 4 aromatic rings. The summed E-state index contributed by atoms with van der Waals surface area (Å²) in [4.78, 5) is 13.4. The van der Waals surface area contributed by atoms with E-state index < -0.39 is 0 Å². The Morgan fingerprint density at radius 2 is 1.96 bits per heavy atom. The van der Waals surface area contributed by atoms with E-state index in [0.717, 1.165) is 21.2 Å². The summed E-state index contributed by atoms with van der Waals surface area (Å²) in [7, 11) is 0. The number of hydrogen-bond donors (Lipinski definition) is 0. The van der Waals surface area contributed by atoms with Gasteiger partial charge in [-0.25, -0.2) is 4.40 Å². The zero-order valence-electron chi connectivity index (χ0n) is 12.7. The fourth-order valence-electron chi connectivity index (χ4n) is 2.61. The molecular formula is C18H12BrN3OS. The van der Waals surface area contributed by atoms with Crippen molar-refractivity contribution in [1.29, 1.82) is 0 Å². The zero-order valence-corrected chi connectivity index (χ0v) is 15.1. The minimum Gasteiger partial charge on any atom is -0.267 e. The quantitative estimate of drug-likeness (QED) is 0.520. The molecule has 0 spiro atoms. The molecule has 0 aliphatic carbocycles. The van der Waals surface area contributed by atoms with E-state index in [9.17, 15) is 4.79 Å². The lowest BCUT2D eigenvalue weighted by atomic mass is 10.1. The molecule has 0 atom stereocenters. The first-order chi connectivity index (χ1) is 11.6. The predicted octanol–water partition coefficient (Wildman–Crippen LogP) is 3.44. The minimum absolute atomic E-state index is 0.0850. The topological polar surface area (TPSA) is 47.3 Å². The van der Waals surface area contributed by atoms with Crippen molar-refractivity contribution in [1.82, 2.24) is 14.6 Å². The van der Waals surface area contributed by atoms with Crippen LogP contribution in [0.15, 0.2) is 57.8 Å². The largest absolute Gasteiger partial charge is 0.276 e. The van der Waals surface area contributed by atoms with Gasteiger partial charge in [-0.05, 0) is 36.3 Å². The first-order valence-corrected chi connectivity index (χ1v) is 8.95. The second kappa shape index (κ2) is 5.96. The van der Waals surface area contributed by atoms with Crippen LogP contribution in [-0.2, 0) is 0 Å². The Morgan fingerprint density at radius 1 is 1.12 bits per heavy atom. The molecule has 2 aromatic carbocycles. The maximum Gasteiger partial charge on any atom is 0.276 e. The summed E-state index contributed by atoms with van der Waals surface area (Å²) < 4.78 is 3.22. The maximum absolute atomic E-state index is 12.8. The fraction of sp³-hybridized carbons (Fsp3) is 0.0556. The molecule has 118 valence electrons. The van der Waals surface area contributed by atoms with Gasteiger partial charge in [-0.3, -0.25) is 4.79 Å². The Bertz CT molecular complexity index is 1160. The molecule has 0 unspecified atom stereocenters. The van der Waals surface area contributed by atoms with Crippen molar-refractivity contribution in [2.24, 2.45) is 0 Å². The van der Waals surface area contributed by atoms with E-state index >= 15 is 0 Å². The highest BCUT2D eigenvalue weighted by molar-refractivity contribution is 9.10. The molecule has 2 heterocycles. The van der Waals surface area contributed by atoms with Crippen LogP contribution >= 0.6 is 27.3 Å². The van der Waals surface area contributed by atoms with Crippen molar-refractivity contribution in [2.45, 2.75) is 6.92 Å². The molecule has 0 saturated heterocycles. The lowest BCUT2D eigenvalue weighted by Gasteiger charge is -2.00. The van der Waals surface area contributed by atoms with E-state index in [4.69, 9.17) is 0 Å². The Hall–Kier alpha value is -2.31. The monoisotopic (exact) mass is 397 g/mol. The van der Waals surface area contributed by atoms with E-state index in [1.807, 2.05) is 61.5 Å². The Labute approximate surface area is 150 Å². The number of aromatic nitrogens is 3. The van der Waals surface area contributed by atoms with Crippen molar-refractivity contribution in [3.63, 3.8) is 0 Å². The summed E-state index contributed by atoms with van der Waals surface area (Å²) in [6, 6.07) is 15.7. The van der Waals surface area contributed by atoms with Crippen LogP contribution in [0.5, 0.6) is 0 Å². The van der Waals surface area contributed by atoms with Crippen LogP contribution in [0.25, 0.3) is 22.4 Å². The summed E-state index contributed by atoms with van der Waals surface area (Å²) in [6.45, 7) is 2.00.